The van der Waals surface area contributed by atoms with Crippen LogP contribution in [0.25, 0.3) is 5.65 Å². The lowest BCUT2D eigenvalue weighted by atomic mass is 9.65. The molecule has 0 unspecified atom stereocenters. The molecule has 1 aromatic carbocycles. The van der Waals surface area contributed by atoms with Gasteiger partial charge in [-0.1, -0.05) is 6.42 Å². The molecule has 2 aliphatic rings. The predicted molar refractivity (Wildman–Crippen MR) is 94.4 cm³/mol. The van der Waals surface area contributed by atoms with Crippen molar-refractivity contribution in [3.8, 4) is 0 Å². The fraction of sp³-hybridized carbons (Fsp3) is 0.235. The Balaban J connectivity index is 1.50. The average molecular weight is 369 g/mol. The molecule has 1 saturated carbocycles. The van der Waals surface area contributed by atoms with Crippen molar-refractivity contribution in [1.82, 2.24) is 14.6 Å². The van der Waals surface area contributed by atoms with Gasteiger partial charge in [0.05, 0.1) is 5.41 Å². The Morgan fingerprint density at radius 1 is 1.19 bits per heavy atom. The molecule has 1 amide bonds. The van der Waals surface area contributed by atoms with Crippen LogP contribution >= 0.6 is 0 Å². The molecule has 1 aliphatic carbocycles. The van der Waals surface area contributed by atoms with Gasteiger partial charge in [-0.3, -0.25) is 13.9 Å². The number of carbonyl (C=O) groups excluding carboxylic acids is 1. The third-order valence-electron chi connectivity index (χ3n) is 5.25. The second-order valence-electron chi connectivity index (χ2n) is 6.72. The third-order valence-corrected chi connectivity index (χ3v) is 6.62. The van der Waals surface area contributed by atoms with Gasteiger partial charge in [0.1, 0.15) is 11.2 Å². The van der Waals surface area contributed by atoms with E-state index < -0.39 is 15.4 Å². The predicted octanol–water partition coefficient (Wildman–Crippen LogP) is 1.90. The summed E-state index contributed by atoms with van der Waals surface area (Å²) in [7, 11) is -3.77. The summed E-state index contributed by atoms with van der Waals surface area (Å²) in [6.07, 6.45) is 5.51. The molecule has 3 heterocycles. The van der Waals surface area contributed by atoms with Gasteiger partial charge < -0.3 is 5.32 Å². The van der Waals surface area contributed by atoms with Crippen molar-refractivity contribution in [3.05, 3.63) is 48.4 Å². The van der Waals surface area contributed by atoms with Crippen molar-refractivity contribution in [2.75, 3.05) is 10.0 Å². The molecular formula is C17H15N5O3S. The van der Waals surface area contributed by atoms with Crippen LogP contribution in [0.2, 0.25) is 0 Å². The lowest BCUT2D eigenvalue weighted by molar-refractivity contribution is -0.123. The van der Waals surface area contributed by atoms with Crippen LogP contribution in [0.15, 0.2) is 47.8 Å². The fourth-order valence-corrected chi connectivity index (χ4v) is 4.74. The number of anilines is 2. The normalized spacial score (nSPS) is 17.8. The molecule has 1 aliphatic heterocycles. The molecule has 0 radical (unpaired) electrons. The lowest BCUT2D eigenvalue weighted by Crippen LogP contribution is -2.40. The van der Waals surface area contributed by atoms with E-state index in [9.17, 15) is 13.2 Å². The van der Waals surface area contributed by atoms with E-state index in [1.807, 2.05) is 0 Å². The van der Waals surface area contributed by atoms with Gasteiger partial charge in [-0.05, 0) is 48.7 Å². The summed E-state index contributed by atoms with van der Waals surface area (Å²) in [6.45, 7) is 0. The molecule has 0 atom stereocenters. The van der Waals surface area contributed by atoms with E-state index >= 15 is 0 Å². The minimum absolute atomic E-state index is 0.0109. The van der Waals surface area contributed by atoms with Gasteiger partial charge >= 0.3 is 0 Å². The Hall–Kier alpha value is -2.94. The Morgan fingerprint density at radius 3 is 2.81 bits per heavy atom. The Labute approximate surface area is 149 Å². The molecule has 132 valence electrons. The first-order chi connectivity index (χ1) is 12.5. The zero-order chi connectivity index (χ0) is 17.9. The quantitative estimate of drug-likeness (QED) is 0.734. The van der Waals surface area contributed by atoms with E-state index in [-0.39, 0.29) is 10.8 Å². The molecule has 0 bridgehead atoms. The molecule has 1 spiro atoms. The number of pyridine rings is 1. The van der Waals surface area contributed by atoms with Crippen molar-refractivity contribution in [1.29, 1.82) is 0 Å². The van der Waals surface area contributed by atoms with Crippen LogP contribution in [0.4, 0.5) is 11.4 Å². The number of hydrogen-bond acceptors (Lipinski definition) is 5. The van der Waals surface area contributed by atoms with E-state index in [2.05, 4.69) is 20.2 Å². The largest absolute Gasteiger partial charge is 0.325 e. The van der Waals surface area contributed by atoms with E-state index in [0.29, 0.717) is 11.3 Å². The van der Waals surface area contributed by atoms with Crippen LogP contribution in [-0.4, -0.2) is 28.9 Å². The number of hydrogen-bond donors (Lipinski definition) is 2. The van der Waals surface area contributed by atoms with E-state index in [1.54, 1.807) is 28.7 Å². The number of benzene rings is 1. The van der Waals surface area contributed by atoms with E-state index in [1.165, 1.54) is 18.6 Å². The monoisotopic (exact) mass is 369 g/mol. The SMILES string of the molecule is O=C1Nc2ccc(NS(=O)(=O)c3ccc4nncn4c3)cc2C12CCC2. The van der Waals surface area contributed by atoms with Crippen LogP contribution in [0.3, 0.4) is 0 Å². The van der Waals surface area contributed by atoms with Gasteiger partial charge in [-0.2, -0.15) is 0 Å². The van der Waals surface area contributed by atoms with Crippen molar-refractivity contribution in [3.63, 3.8) is 0 Å². The van der Waals surface area contributed by atoms with Crippen molar-refractivity contribution >= 4 is 33.0 Å². The Bertz CT molecular complexity index is 1160. The highest BCUT2D eigenvalue weighted by atomic mass is 32.2. The van der Waals surface area contributed by atoms with E-state index in [4.69, 9.17) is 0 Å². The fourth-order valence-electron chi connectivity index (χ4n) is 3.68. The molecule has 3 aromatic rings. The van der Waals surface area contributed by atoms with Crippen LogP contribution in [-0.2, 0) is 20.2 Å². The molecule has 26 heavy (non-hydrogen) atoms. The van der Waals surface area contributed by atoms with Crippen LogP contribution in [0.1, 0.15) is 24.8 Å². The number of nitrogens with zero attached hydrogens (tertiary/aromatic N) is 3. The number of fused-ring (bicyclic) bond motifs is 3. The summed E-state index contributed by atoms with van der Waals surface area (Å²) in [5.74, 6) is 0.0109. The minimum atomic E-state index is -3.77. The van der Waals surface area contributed by atoms with Gasteiger partial charge in [0.25, 0.3) is 10.0 Å². The number of aromatic nitrogens is 3. The van der Waals surface area contributed by atoms with Crippen LogP contribution in [0.5, 0.6) is 0 Å². The topological polar surface area (TPSA) is 105 Å². The maximum absolute atomic E-state index is 12.7. The highest BCUT2D eigenvalue weighted by Crippen LogP contribution is 2.51. The minimum Gasteiger partial charge on any atom is -0.325 e. The van der Waals surface area contributed by atoms with Crippen molar-refractivity contribution in [2.45, 2.75) is 29.6 Å². The van der Waals surface area contributed by atoms with Gasteiger partial charge in [-0.25, -0.2) is 8.42 Å². The first-order valence-corrected chi connectivity index (χ1v) is 9.75. The molecule has 2 N–H and O–H groups in total. The lowest BCUT2D eigenvalue weighted by Gasteiger charge is -2.36. The van der Waals surface area contributed by atoms with Gasteiger partial charge in [-0.15, -0.1) is 10.2 Å². The summed E-state index contributed by atoms with van der Waals surface area (Å²) in [5.41, 5.74) is 2.16. The first kappa shape index (κ1) is 15.3. The summed E-state index contributed by atoms with van der Waals surface area (Å²) in [4.78, 5) is 12.4. The first-order valence-electron chi connectivity index (χ1n) is 8.26. The van der Waals surface area contributed by atoms with Gasteiger partial charge in [0.15, 0.2) is 5.65 Å². The number of nitrogens with one attached hydrogen (secondary N) is 2. The van der Waals surface area contributed by atoms with E-state index in [0.717, 1.165) is 30.5 Å². The summed E-state index contributed by atoms with van der Waals surface area (Å²) >= 11 is 0. The summed E-state index contributed by atoms with van der Waals surface area (Å²) < 4.78 is 29.6. The molecule has 9 heteroatoms. The van der Waals surface area contributed by atoms with Crippen LogP contribution in [0, 0.1) is 0 Å². The maximum Gasteiger partial charge on any atom is 0.263 e. The van der Waals surface area contributed by atoms with Crippen molar-refractivity contribution < 1.29 is 13.2 Å². The zero-order valence-corrected chi connectivity index (χ0v) is 14.5. The highest BCUT2D eigenvalue weighted by molar-refractivity contribution is 7.92. The Kier molecular flexibility index (Phi) is 2.97. The molecule has 5 rings (SSSR count). The third kappa shape index (κ3) is 2.07. The average Bonchev–Trinajstić information content (AvgIpc) is 3.14. The van der Waals surface area contributed by atoms with Gasteiger partial charge in [0.2, 0.25) is 5.91 Å². The number of sulfonamides is 1. The second-order valence-corrected chi connectivity index (χ2v) is 8.40. The molecular weight excluding hydrogens is 354 g/mol. The second kappa shape index (κ2) is 5.04. The zero-order valence-electron chi connectivity index (χ0n) is 13.6. The Morgan fingerprint density at radius 2 is 2.04 bits per heavy atom. The van der Waals surface area contributed by atoms with Crippen LogP contribution < -0.4 is 10.0 Å². The number of carbonyl (C=O) groups is 1. The van der Waals surface area contributed by atoms with Gasteiger partial charge in [0, 0.05) is 17.6 Å². The highest BCUT2D eigenvalue weighted by Gasteiger charge is 2.51. The smallest absolute Gasteiger partial charge is 0.263 e. The summed E-state index contributed by atoms with van der Waals surface area (Å²) in [6, 6.07) is 8.25. The molecule has 1 fully saturated rings. The number of amides is 1. The van der Waals surface area contributed by atoms with Crippen molar-refractivity contribution in [2.24, 2.45) is 0 Å². The molecule has 2 aromatic heterocycles. The standard InChI is InChI=1S/C17H15N5O3S/c23-16-17(6-1-7-17)13-8-11(2-4-14(13)19-16)21-26(24,25)12-3-5-15-20-18-10-22(15)9-12/h2-5,8-10,21H,1,6-7H2,(H,19,23). The molecule has 0 saturated heterocycles. The molecule has 8 nitrogen and oxygen atoms in total. The maximum atomic E-state index is 12.7. The number of rotatable bonds is 3. The summed E-state index contributed by atoms with van der Waals surface area (Å²) in [5, 5.41) is 10.5.